The maximum absolute atomic E-state index is 6.03. The van der Waals surface area contributed by atoms with Crippen LogP contribution in [0.1, 0.15) is 62.5 Å². The predicted octanol–water partition coefficient (Wildman–Crippen LogP) is 5.44. The van der Waals surface area contributed by atoms with Crippen molar-refractivity contribution in [2.24, 2.45) is 0 Å². The minimum Gasteiger partial charge on any atom is -0.396 e. The fourth-order valence-electron chi connectivity index (χ4n) is 3.42. The van der Waals surface area contributed by atoms with Crippen LogP contribution in [0.15, 0.2) is 36.4 Å². The van der Waals surface area contributed by atoms with Crippen molar-refractivity contribution < 1.29 is 9.78 Å². The van der Waals surface area contributed by atoms with E-state index in [0.717, 1.165) is 12.8 Å². The molecular weight excluding hydrogens is 324 g/mol. The maximum Gasteiger partial charge on any atom is 0.201 e. The van der Waals surface area contributed by atoms with E-state index in [1.165, 1.54) is 62.5 Å². The minimum absolute atomic E-state index is 0.549. The van der Waals surface area contributed by atoms with Crippen molar-refractivity contribution >= 4 is 11.4 Å². The van der Waals surface area contributed by atoms with Gasteiger partial charge in [-0.15, -0.1) is 0 Å². The molecule has 3 rings (SSSR count). The zero-order chi connectivity index (χ0) is 18.2. The summed E-state index contributed by atoms with van der Waals surface area (Å²) in [6.07, 6.45) is 12.3. The summed E-state index contributed by atoms with van der Waals surface area (Å²) in [6.45, 7) is 0. The topological polar surface area (TPSA) is 70.5 Å². The van der Waals surface area contributed by atoms with Crippen molar-refractivity contribution in [1.82, 2.24) is 0 Å². The molecule has 0 atom stereocenters. The van der Waals surface area contributed by atoms with Gasteiger partial charge in [-0.2, -0.15) is 0 Å². The van der Waals surface area contributed by atoms with Crippen molar-refractivity contribution in [2.75, 3.05) is 11.5 Å². The standard InChI is InChI=1S/C22H30N2O2/c23-19-13-11-17-9-7-5-3-1-2-4-6-8-10-18-12-14-20(24)22(16-18)26-25-21(19)15-17/h11-16H,1-10,23-24H2. The Kier molecular flexibility index (Phi) is 6.64. The molecule has 0 aliphatic carbocycles. The second-order valence-corrected chi connectivity index (χ2v) is 7.24. The van der Waals surface area contributed by atoms with Gasteiger partial charge in [0.1, 0.15) is 0 Å². The summed E-state index contributed by atoms with van der Waals surface area (Å²) in [5.74, 6) is 1.10. The Hall–Kier alpha value is -2.36. The van der Waals surface area contributed by atoms with E-state index in [2.05, 4.69) is 12.1 Å². The first-order valence-corrected chi connectivity index (χ1v) is 9.84. The van der Waals surface area contributed by atoms with Gasteiger partial charge in [-0.3, -0.25) is 9.78 Å². The number of benzene rings is 2. The second-order valence-electron chi connectivity index (χ2n) is 7.24. The lowest BCUT2D eigenvalue weighted by atomic mass is 10.0. The molecule has 4 heteroatoms. The minimum atomic E-state index is 0.549. The summed E-state index contributed by atoms with van der Waals surface area (Å²) in [5.41, 5.74) is 15.7. The van der Waals surface area contributed by atoms with E-state index in [-0.39, 0.29) is 0 Å². The first kappa shape index (κ1) is 18.4. The second kappa shape index (κ2) is 9.37. The molecule has 0 spiro atoms. The lowest BCUT2D eigenvalue weighted by Gasteiger charge is -2.12. The van der Waals surface area contributed by atoms with Crippen molar-refractivity contribution in [1.29, 1.82) is 0 Å². The SMILES string of the molecule is Nc1ccc2cc1OOc1cc(ccc1N)CCCCCCCCCC2. The summed E-state index contributed by atoms with van der Waals surface area (Å²) in [5, 5.41) is 0. The van der Waals surface area contributed by atoms with Gasteiger partial charge in [0.25, 0.3) is 0 Å². The van der Waals surface area contributed by atoms with Crippen LogP contribution in [0.2, 0.25) is 0 Å². The van der Waals surface area contributed by atoms with Gasteiger partial charge < -0.3 is 11.5 Å². The first-order chi connectivity index (χ1) is 12.7. The van der Waals surface area contributed by atoms with Crippen LogP contribution in [0.5, 0.6) is 11.5 Å². The van der Waals surface area contributed by atoms with Gasteiger partial charge in [0.05, 0.1) is 11.4 Å². The fraction of sp³-hybridized carbons (Fsp3) is 0.455. The van der Waals surface area contributed by atoms with E-state index in [0.29, 0.717) is 22.9 Å². The lowest BCUT2D eigenvalue weighted by molar-refractivity contribution is -0.0984. The molecule has 4 nitrogen and oxygen atoms in total. The van der Waals surface area contributed by atoms with Crippen LogP contribution in [-0.4, -0.2) is 0 Å². The number of anilines is 2. The van der Waals surface area contributed by atoms with Crippen LogP contribution in [0, 0.1) is 0 Å². The normalized spacial score (nSPS) is 16.6. The molecule has 0 fully saturated rings. The molecule has 0 radical (unpaired) electrons. The van der Waals surface area contributed by atoms with Crippen LogP contribution in [0.3, 0.4) is 0 Å². The molecule has 2 aromatic carbocycles. The van der Waals surface area contributed by atoms with Crippen LogP contribution >= 0.6 is 0 Å². The molecule has 140 valence electrons. The Morgan fingerprint density at radius 2 is 0.923 bits per heavy atom. The smallest absolute Gasteiger partial charge is 0.201 e. The largest absolute Gasteiger partial charge is 0.396 e. The van der Waals surface area contributed by atoms with Gasteiger partial charge in [-0.05, 0) is 61.1 Å². The van der Waals surface area contributed by atoms with Crippen LogP contribution in [0.4, 0.5) is 11.4 Å². The highest BCUT2D eigenvalue weighted by molar-refractivity contribution is 5.55. The molecule has 0 saturated heterocycles. The summed E-state index contributed by atoms with van der Waals surface area (Å²) >= 11 is 0. The summed E-state index contributed by atoms with van der Waals surface area (Å²) in [6, 6.07) is 11.8. The monoisotopic (exact) mass is 354 g/mol. The number of nitrogens with two attached hydrogens (primary N) is 2. The number of hydrogen-bond donors (Lipinski definition) is 2. The number of nitrogen functional groups attached to an aromatic ring is 2. The zero-order valence-corrected chi connectivity index (χ0v) is 15.5. The number of rotatable bonds is 0. The molecule has 1 aliphatic rings. The Morgan fingerprint density at radius 3 is 1.35 bits per heavy atom. The number of hydrogen-bond acceptors (Lipinski definition) is 4. The summed E-state index contributed by atoms with van der Waals surface area (Å²) in [4.78, 5) is 11.1. The maximum atomic E-state index is 6.03. The van der Waals surface area contributed by atoms with Gasteiger partial charge in [0.15, 0.2) is 0 Å². The van der Waals surface area contributed by atoms with Crippen molar-refractivity contribution in [3.8, 4) is 11.5 Å². The Labute approximate surface area is 156 Å². The molecule has 0 unspecified atom stereocenters. The highest BCUT2D eigenvalue weighted by atomic mass is 17.2. The molecule has 1 aliphatic heterocycles. The molecular formula is C22H30N2O2. The quantitative estimate of drug-likeness (QED) is 0.488. The highest BCUT2D eigenvalue weighted by Crippen LogP contribution is 2.28. The predicted molar refractivity (Wildman–Crippen MR) is 107 cm³/mol. The third kappa shape index (κ3) is 5.32. The third-order valence-electron chi connectivity index (χ3n) is 5.06. The average Bonchev–Trinajstić information content (AvgIpc) is 2.64. The Balaban J connectivity index is 1.76. The van der Waals surface area contributed by atoms with E-state index >= 15 is 0 Å². The highest BCUT2D eigenvalue weighted by Gasteiger charge is 2.09. The molecule has 0 aromatic heterocycles. The van der Waals surface area contributed by atoms with Crippen LogP contribution < -0.4 is 21.2 Å². The van der Waals surface area contributed by atoms with Crippen LogP contribution in [-0.2, 0) is 12.8 Å². The molecule has 4 bridgehead atoms. The van der Waals surface area contributed by atoms with Crippen molar-refractivity contribution in [3.63, 3.8) is 0 Å². The molecule has 26 heavy (non-hydrogen) atoms. The summed E-state index contributed by atoms with van der Waals surface area (Å²) < 4.78 is 0. The van der Waals surface area contributed by atoms with E-state index in [9.17, 15) is 0 Å². The number of fused-ring (bicyclic) bond motifs is 4. The van der Waals surface area contributed by atoms with E-state index < -0.39 is 0 Å². The fourth-order valence-corrected chi connectivity index (χ4v) is 3.42. The average molecular weight is 354 g/mol. The summed E-state index contributed by atoms with van der Waals surface area (Å²) in [7, 11) is 0. The Bertz CT molecular complexity index is 654. The molecule has 0 saturated carbocycles. The van der Waals surface area contributed by atoms with E-state index in [1.54, 1.807) is 0 Å². The van der Waals surface area contributed by atoms with Gasteiger partial charge in [-0.1, -0.05) is 50.7 Å². The lowest BCUT2D eigenvalue weighted by Crippen LogP contribution is -2.06. The van der Waals surface area contributed by atoms with Gasteiger partial charge >= 0.3 is 0 Å². The number of aryl methyl sites for hydroxylation is 2. The Morgan fingerprint density at radius 1 is 0.538 bits per heavy atom. The van der Waals surface area contributed by atoms with Gasteiger partial charge in [0.2, 0.25) is 11.5 Å². The molecule has 4 N–H and O–H groups in total. The molecule has 1 heterocycles. The third-order valence-corrected chi connectivity index (χ3v) is 5.06. The first-order valence-electron chi connectivity index (χ1n) is 9.84. The molecule has 2 aromatic rings. The zero-order valence-electron chi connectivity index (χ0n) is 15.5. The van der Waals surface area contributed by atoms with E-state index in [4.69, 9.17) is 21.2 Å². The van der Waals surface area contributed by atoms with Crippen molar-refractivity contribution in [3.05, 3.63) is 47.5 Å². The van der Waals surface area contributed by atoms with Gasteiger partial charge in [-0.25, -0.2) is 0 Å². The van der Waals surface area contributed by atoms with Gasteiger partial charge in [0, 0.05) is 0 Å². The molecule has 0 amide bonds. The van der Waals surface area contributed by atoms with Crippen LogP contribution in [0.25, 0.3) is 0 Å². The van der Waals surface area contributed by atoms with E-state index in [1.807, 2.05) is 24.3 Å². The van der Waals surface area contributed by atoms with Crippen molar-refractivity contribution in [2.45, 2.75) is 64.2 Å².